The molecule has 1 aromatic carbocycles. The van der Waals surface area contributed by atoms with Gasteiger partial charge >= 0.3 is 0 Å². The fraction of sp³-hybridized carbons (Fsp3) is 0.308. The molecule has 0 saturated carbocycles. The van der Waals surface area contributed by atoms with Gasteiger partial charge in [0.1, 0.15) is 5.69 Å². The second kappa shape index (κ2) is 5.47. The first-order chi connectivity index (χ1) is 8.26. The van der Waals surface area contributed by atoms with Crippen LogP contribution in [-0.2, 0) is 12.8 Å². The van der Waals surface area contributed by atoms with Gasteiger partial charge in [0.2, 0.25) is 0 Å². The molecule has 4 heteroatoms. The number of hydrogen-bond acceptors (Lipinski definition) is 2. The monoisotopic (exact) mass is 293 g/mol. The lowest BCUT2D eigenvalue weighted by Gasteiger charge is -2.00. The molecule has 0 aliphatic rings. The zero-order valence-electron chi connectivity index (χ0n) is 9.83. The first-order valence-corrected chi connectivity index (χ1v) is 6.57. The molecule has 0 fully saturated rings. The summed E-state index contributed by atoms with van der Waals surface area (Å²) in [6, 6.07) is 8.48. The van der Waals surface area contributed by atoms with Crippen molar-refractivity contribution in [2.75, 3.05) is 6.54 Å². The molecule has 17 heavy (non-hydrogen) atoms. The Hall–Kier alpha value is -1.13. The highest BCUT2D eigenvalue weighted by Crippen LogP contribution is 2.29. The molecule has 0 unspecified atom stereocenters. The predicted octanol–water partition coefficient (Wildman–Crippen LogP) is 2.90. The Balaban J connectivity index is 2.32. The van der Waals surface area contributed by atoms with E-state index in [9.17, 15) is 0 Å². The van der Waals surface area contributed by atoms with Crippen LogP contribution < -0.4 is 5.73 Å². The third-order valence-electron chi connectivity index (χ3n) is 2.81. The van der Waals surface area contributed by atoms with Crippen LogP contribution in [0.1, 0.15) is 18.2 Å². The number of nitrogens with one attached hydrogen (secondary N) is 1. The standard InChI is InChI=1S/C13H16BrN3/c1-2-9-3-5-10(6-4-9)13-12(14)11(7-8-15)16-17-13/h3-6H,2,7-8,15H2,1H3,(H,16,17). The molecule has 0 aliphatic heterocycles. The average molecular weight is 294 g/mol. The van der Waals surface area contributed by atoms with Crippen LogP contribution in [0.15, 0.2) is 28.7 Å². The highest BCUT2D eigenvalue weighted by molar-refractivity contribution is 9.10. The Bertz CT molecular complexity index is 488. The van der Waals surface area contributed by atoms with Crippen LogP contribution in [-0.4, -0.2) is 16.7 Å². The predicted molar refractivity (Wildman–Crippen MR) is 73.9 cm³/mol. The number of aryl methyl sites for hydroxylation is 1. The SMILES string of the molecule is CCc1ccc(-c2n[nH]c(CCN)c2Br)cc1. The number of aromatic amines is 1. The summed E-state index contributed by atoms with van der Waals surface area (Å²) in [4.78, 5) is 0. The van der Waals surface area contributed by atoms with E-state index in [0.29, 0.717) is 6.54 Å². The van der Waals surface area contributed by atoms with E-state index in [1.807, 2.05) is 0 Å². The van der Waals surface area contributed by atoms with Crippen molar-refractivity contribution in [2.45, 2.75) is 19.8 Å². The summed E-state index contributed by atoms with van der Waals surface area (Å²) in [6.07, 6.45) is 1.86. The van der Waals surface area contributed by atoms with Gasteiger partial charge in [0.25, 0.3) is 0 Å². The molecular formula is C13H16BrN3. The number of aromatic nitrogens is 2. The van der Waals surface area contributed by atoms with Gasteiger partial charge in [0.15, 0.2) is 0 Å². The van der Waals surface area contributed by atoms with E-state index in [0.717, 1.165) is 34.3 Å². The zero-order chi connectivity index (χ0) is 12.3. The first kappa shape index (κ1) is 12.3. The highest BCUT2D eigenvalue weighted by Gasteiger charge is 2.11. The molecule has 1 heterocycles. The number of rotatable bonds is 4. The van der Waals surface area contributed by atoms with Gasteiger partial charge in [-0.2, -0.15) is 5.10 Å². The minimum Gasteiger partial charge on any atom is -0.330 e. The average Bonchev–Trinajstić information content (AvgIpc) is 2.72. The summed E-state index contributed by atoms with van der Waals surface area (Å²) in [5, 5.41) is 7.36. The lowest BCUT2D eigenvalue weighted by molar-refractivity contribution is 0.898. The van der Waals surface area contributed by atoms with E-state index in [1.165, 1.54) is 5.56 Å². The molecule has 0 spiro atoms. The summed E-state index contributed by atoms with van der Waals surface area (Å²) in [5.74, 6) is 0. The maximum atomic E-state index is 5.55. The highest BCUT2D eigenvalue weighted by atomic mass is 79.9. The summed E-state index contributed by atoms with van der Waals surface area (Å²) < 4.78 is 1.02. The van der Waals surface area contributed by atoms with Crippen LogP contribution in [0.5, 0.6) is 0 Å². The molecule has 0 aliphatic carbocycles. The van der Waals surface area contributed by atoms with Gasteiger partial charge in [-0.1, -0.05) is 31.2 Å². The van der Waals surface area contributed by atoms with Crippen LogP contribution in [0.25, 0.3) is 11.3 Å². The topological polar surface area (TPSA) is 54.7 Å². The number of halogens is 1. The van der Waals surface area contributed by atoms with Crippen LogP contribution in [0.2, 0.25) is 0 Å². The van der Waals surface area contributed by atoms with Crippen molar-refractivity contribution >= 4 is 15.9 Å². The minimum absolute atomic E-state index is 0.620. The van der Waals surface area contributed by atoms with Gasteiger partial charge in [-0.05, 0) is 34.5 Å². The van der Waals surface area contributed by atoms with Gasteiger partial charge in [0, 0.05) is 12.0 Å². The second-order valence-corrected chi connectivity index (χ2v) is 4.75. The molecule has 2 aromatic rings. The van der Waals surface area contributed by atoms with Gasteiger partial charge in [-0.3, -0.25) is 5.10 Å². The molecule has 3 nitrogen and oxygen atoms in total. The van der Waals surface area contributed by atoms with Gasteiger partial charge in [-0.15, -0.1) is 0 Å². The van der Waals surface area contributed by atoms with E-state index in [2.05, 4.69) is 57.3 Å². The van der Waals surface area contributed by atoms with Crippen molar-refractivity contribution in [1.29, 1.82) is 0 Å². The summed E-state index contributed by atoms with van der Waals surface area (Å²) >= 11 is 3.58. The van der Waals surface area contributed by atoms with Crippen molar-refractivity contribution in [2.24, 2.45) is 5.73 Å². The number of benzene rings is 1. The van der Waals surface area contributed by atoms with Gasteiger partial charge in [-0.25, -0.2) is 0 Å². The summed E-state index contributed by atoms with van der Waals surface area (Å²) in [5.41, 5.74) is 10.0. The van der Waals surface area contributed by atoms with Crippen molar-refractivity contribution < 1.29 is 0 Å². The smallest absolute Gasteiger partial charge is 0.107 e. The number of nitrogens with two attached hydrogens (primary N) is 1. The fourth-order valence-corrected chi connectivity index (χ4v) is 2.37. The van der Waals surface area contributed by atoms with Gasteiger partial charge < -0.3 is 5.73 Å². The maximum absolute atomic E-state index is 5.55. The van der Waals surface area contributed by atoms with Crippen LogP contribution in [0, 0.1) is 0 Å². The van der Waals surface area contributed by atoms with E-state index in [-0.39, 0.29) is 0 Å². The Morgan fingerprint density at radius 2 is 2.00 bits per heavy atom. The molecule has 3 N–H and O–H groups in total. The summed E-state index contributed by atoms with van der Waals surface area (Å²) in [6.45, 7) is 2.77. The zero-order valence-corrected chi connectivity index (χ0v) is 11.4. The molecule has 0 saturated heterocycles. The maximum Gasteiger partial charge on any atom is 0.107 e. The van der Waals surface area contributed by atoms with E-state index in [1.54, 1.807) is 0 Å². The Labute approximate surface area is 110 Å². The molecule has 2 rings (SSSR count). The Kier molecular flexibility index (Phi) is 3.97. The Morgan fingerprint density at radius 1 is 1.29 bits per heavy atom. The minimum atomic E-state index is 0.620. The van der Waals surface area contributed by atoms with Crippen LogP contribution in [0.4, 0.5) is 0 Å². The van der Waals surface area contributed by atoms with E-state index >= 15 is 0 Å². The quantitative estimate of drug-likeness (QED) is 0.911. The molecular weight excluding hydrogens is 278 g/mol. The third kappa shape index (κ3) is 2.58. The molecule has 1 aromatic heterocycles. The largest absolute Gasteiger partial charge is 0.330 e. The number of nitrogens with zero attached hydrogens (tertiary/aromatic N) is 1. The normalized spacial score (nSPS) is 10.8. The lowest BCUT2D eigenvalue weighted by atomic mass is 10.1. The second-order valence-electron chi connectivity index (χ2n) is 3.95. The molecule has 90 valence electrons. The van der Waals surface area contributed by atoms with Crippen LogP contribution >= 0.6 is 15.9 Å². The fourth-order valence-electron chi connectivity index (χ4n) is 1.76. The first-order valence-electron chi connectivity index (χ1n) is 5.78. The van der Waals surface area contributed by atoms with Gasteiger partial charge in [0.05, 0.1) is 10.2 Å². The molecule has 0 bridgehead atoms. The molecule has 0 atom stereocenters. The van der Waals surface area contributed by atoms with Crippen LogP contribution in [0.3, 0.4) is 0 Å². The van der Waals surface area contributed by atoms with E-state index in [4.69, 9.17) is 5.73 Å². The molecule has 0 radical (unpaired) electrons. The summed E-state index contributed by atoms with van der Waals surface area (Å²) in [7, 11) is 0. The Morgan fingerprint density at radius 3 is 2.59 bits per heavy atom. The number of H-pyrrole nitrogens is 1. The van der Waals surface area contributed by atoms with Crippen molar-refractivity contribution in [3.8, 4) is 11.3 Å². The van der Waals surface area contributed by atoms with Crippen molar-refractivity contribution in [3.63, 3.8) is 0 Å². The third-order valence-corrected chi connectivity index (χ3v) is 3.66. The van der Waals surface area contributed by atoms with Crippen molar-refractivity contribution in [3.05, 3.63) is 40.0 Å². The number of hydrogen-bond donors (Lipinski definition) is 2. The lowest BCUT2D eigenvalue weighted by Crippen LogP contribution is -2.03. The van der Waals surface area contributed by atoms with E-state index < -0.39 is 0 Å². The molecule has 0 amide bonds. The van der Waals surface area contributed by atoms with Crippen molar-refractivity contribution in [1.82, 2.24) is 10.2 Å².